The smallest absolute Gasteiger partial charge is 0.126 e. The molecule has 1 aromatic carbocycles. The van der Waals surface area contributed by atoms with Crippen molar-refractivity contribution < 1.29 is 9.13 Å². The molecule has 0 unspecified atom stereocenters. The molecule has 0 amide bonds. The van der Waals surface area contributed by atoms with Crippen LogP contribution in [0.1, 0.15) is 17.2 Å². The molecule has 0 saturated carbocycles. The number of ether oxygens (including phenoxy) is 1. The molecule has 1 aliphatic heterocycles. The van der Waals surface area contributed by atoms with Crippen LogP contribution in [-0.2, 0) is 4.74 Å². The van der Waals surface area contributed by atoms with Gasteiger partial charge < -0.3 is 10.1 Å². The molecule has 14 heavy (non-hydrogen) atoms. The number of aryl methyl sites for hydroxylation is 1. The Labute approximate surface area is 83.1 Å². The van der Waals surface area contributed by atoms with E-state index in [0.717, 1.165) is 18.7 Å². The van der Waals surface area contributed by atoms with E-state index in [1.54, 1.807) is 6.92 Å². The van der Waals surface area contributed by atoms with Crippen molar-refractivity contribution in [2.75, 3.05) is 19.8 Å². The van der Waals surface area contributed by atoms with Gasteiger partial charge in [0.15, 0.2) is 0 Å². The number of hydrogen-bond donors (Lipinski definition) is 1. The second kappa shape index (κ2) is 4.07. The number of rotatable bonds is 1. The van der Waals surface area contributed by atoms with Crippen LogP contribution in [0.4, 0.5) is 4.39 Å². The highest BCUT2D eigenvalue weighted by Crippen LogP contribution is 2.18. The lowest BCUT2D eigenvalue weighted by molar-refractivity contribution is 0.0768. The fraction of sp³-hybridized carbons (Fsp3) is 0.455. The molecule has 1 atom stereocenters. The molecule has 1 saturated heterocycles. The molecular formula is C11H14FNO. The lowest BCUT2D eigenvalue weighted by Crippen LogP contribution is -2.34. The standard InChI is InChI=1S/C11H14FNO/c1-8-6-9(2-3-10(8)12)11-7-14-5-4-13-11/h2-3,6,11,13H,4-5,7H2,1H3/t11-/m1/s1. The molecule has 0 bridgehead atoms. The van der Waals surface area contributed by atoms with Gasteiger partial charge in [0, 0.05) is 6.54 Å². The predicted octanol–water partition coefficient (Wildman–Crippen LogP) is 1.80. The van der Waals surface area contributed by atoms with E-state index in [4.69, 9.17) is 4.74 Å². The van der Waals surface area contributed by atoms with E-state index >= 15 is 0 Å². The molecule has 0 spiro atoms. The van der Waals surface area contributed by atoms with Gasteiger partial charge in [0.05, 0.1) is 19.3 Å². The maximum Gasteiger partial charge on any atom is 0.126 e. The largest absolute Gasteiger partial charge is 0.378 e. The molecular weight excluding hydrogens is 181 g/mol. The first-order valence-corrected chi connectivity index (χ1v) is 4.84. The van der Waals surface area contributed by atoms with Crippen LogP contribution in [0.3, 0.4) is 0 Å². The van der Waals surface area contributed by atoms with Crippen molar-refractivity contribution in [2.24, 2.45) is 0 Å². The van der Waals surface area contributed by atoms with Crippen molar-refractivity contribution in [3.63, 3.8) is 0 Å². The van der Waals surface area contributed by atoms with Crippen LogP contribution in [0.2, 0.25) is 0 Å². The van der Waals surface area contributed by atoms with Gasteiger partial charge in [-0.3, -0.25) is 0 Å². The molecule has 0 aromatic heterocycles. The van der Waals surface area contributed by atoms with Gasteiger partial charge in [-0.1, -0.05) is 12.1 Å². The van der Waals surface area contributed by atoms with Crippen LogP contribution in [0.5, 0.6) is 0 Å². The maximum atomic E-state index is 13.0. The topological polar surface area (TPSA) is 21.3 Å². The van der Waals surface area contributed by atoms with Gasteiger partial charge in [-0.25, -0.2) is 4.39 Å². The fourth-order valence-electron chi connectivity index (χ4n) is 1.66. The Morgan fingerprint density at radius 3 is 3.00 bits per heavy atom. The highest BCUT2D eigenvalue weighted by molar-refractivity contribution is 5.26. The van der Waals surface area contributed by atoms with Gasteiger partial charge in [-0.2, -0.15) is 0 Å². The highest BCUT2D eigenvalue weighted by atomic mass is 19.1. The average Bonchev–Trinajstić information content (AvgIpc) is 2.23. The normalized spacial score (nSPS) is 22.3. The molecule has 3 heteroatoms. The third kappa shape index (κ3) is 1.94. The zero-order valence-electron chi connectivity index (χ0n) is 8.22. The van der Waals surface area contributed by atoms with Crippen molar-refractivity contribution in [3.05, 3.63) is 35.1 Å². The minimum absolute atomic E-state index is 0.148. The highest BCUT2D eigenvalue weighted by Gasteiger charge is 2.15. The molecule has 0 aliphatic carbocycles. The monoisotopic (exact) mass is 195 g/mol. The number of morpholine rings is 1. The van der Waals surface area contributed by atoms with Gasteiger partial charge in [0.1, 0.15) is 5.82 Å². The van der Waals surface area contributed by atoms with Gasteiger partial charge in [0.2, 0.25) is 0 Å². The van der Waals surface area contributed by atoms with Crippen LogP contribution < -0.4 is 5.32 Å². The van der Waals surface area contributed by atoms with Crippen LogP contribution >= 0.6 is 0 Å². The third-order valence-electron chi connectivity index (χ3n) is 2.51. The third-order valence-corrected chi connectivity index (χ3v) is 2.51. The van der Waals surface area contributed by atoms with Crippen LogP contribution in [0.25, 0.3) is 0 Å². The molecule has 1 aliphatic rings. The SMILES string of the molecule is Cc1cc([C@H]2COCCN2)ccc1F. The molecule has 2 nitrogen and oxygen atoms in total. The van der Waals surface area contributed by atoms with E-state index in [9.17, 15) is 4.39 Å². The predicted molar refractivity (Wildman–Crippen MR) is 52.7 cm³/mol. The van der Waals surface area contributed by atoms with Crippen LogP contribution in [0.15, 0.2) is 18.2 Å². The summed E-state index contributed by atoms with van der Waals surface area (Å²) in [6.45, 7) is 4.07. The molecule has 1 N–H and O–H groups in total. The quantitative estimate of drug-likeness (QED) is 0.737. The summed E-state index contributed by atoms with van der Waals surface area (Å²) < 4.78 is 18.4. The summed E-state index contributed by atoms with van der Waals surface area (Å²) in [5.41, 5.74) is 1.79. The Bertz CT molecular complexity index is 321. The van der Waals surface area contributed by atoms with E-state index in [0.29, 0.717) is 12.2 Å². The van der Waals surface area contributed by atoms with Crippen molar-refractivity contribution >= 4 is 0 Å². The summed E-state index contributed by atoms with van der Waals surface area (Å²) in [7, 11) is 0. The van der Waals surface area contributed by atoms with Gasteiger partial charge in [-0.15, -0.1) is 0 Å². The average molecular weight is 195 g/mol. The molecule has 2 rings (SSSR count). The molecule has 1 aromatic rings. The van der Waals surface area contributed by atoms with E-state index in [1.807, 2.05) is 12.1 Å². The molecule has 0 radical (unpaired) electrons. The Balaban J connectivity index is 2.18. The van der Waals surface area contributed by atoms with Crippen LogP contribution in [-0.4, -0.2) is 19.8 Å². The Kier molecular flexibility index (Phi) is 2.79. The van der Waals surface area contributed by atoms with Crippen molar-refractivity contribution in [1.29, 1.82) is 0 Å². The van der Waals surface area contributed by atoms with Gasteiger partial charge in [-0.05, 0) is 24.1 Å². The first-order valence-electron chi connectivity index (χ1n) is 4.84. The summed E-state index contributed by atoms with van der Waals surface area (Å²) >= 11 is 0. The van der Waals surface area contributed by atoms with Gasteiger partial charge >= 0.3 is 0 Å². The summed E-state index contributed by atoms with van der Waals surface area (Å²) in [6.07, 6.45) is 0. The zero-order chi connectivity index (χ0) is 9.97. The van der Waals surface area contributed by atoms with Crippen molar-refractivity contribution in [3.8, 4) is 0 Å². The lowest BCUT2D eigenvalue weighted by Gasteiger charge is -2.24. The summed E-state index contributed by atoms with van der Waals surface area (Å²) in [4.78, 5) is 0. The second-order valence-corrected chi connectivity index (χ2v) is 3.59. The molecule has 76 valence electrons. The first kappa shape index (κ1) is 9.62. The van der Waals surface area contributed by atoms with Crippen molar-refractivity contribution in [2.45, 2.75) is 13.0 Å². The number of halogens is 1. The van der Waals surface area contributed by atoms with E-state index in [1.165, 1.54) is 6.07 Å². The molecule has 1 fully saturated rings. The number of nitrogens with one attached hydrogen (secondary N) is 1. The van der Waals surface area contributed by atoms with E-state index < -0.39 is 0 Å². The number of benzene rings is 1. The zero-order valence-corrected chi connectivity index (χ0v) is 8.22. The summed E-state index contributed by atoms with van der Waals surface area (Å²) in [5.74, 6) is -0.148. The fourth-order valence-corrected chi connectivity index (χ4v) is 1.66. The minimum Gasteiger partial charge on any atom is -0.378 e. The minimum atomic E-state index is -0.148. The Morgan fingerprint density at radius 1 is 1.50 bits per heavy atom. The Morgan fingerprint density at radius 2 is 2.36 bits per heavy atom. The van der Waals surface area contributed by atoms with Crippen LogP contribution in [0, 0.1) is 12.7 Å². The first-order chi connectivity index (χ1) is 6.77. The summed E-state index contributed by atoms with van der Waals surface area (Å²) in [6, 6.07) is 5.42. The van der Waals surface area contributed by atoms with E-state index in [-0.39, 0.29) is 11.9 Å². The summed E-state index contributed by atoms with van der Waals surface area (Å²) in [5, 5.41) is 3.33. The van der Waals surface area contributed by atoms with Gasteiger partial charge in [0.25, 0.3) is 0 Å². The van der Waals surface area contributed by atoms with E-state index in [2.05, 4.69) is 5.32 Å². The maximum absolute atomic E-state index is 13.0. The molecule has 1 heterocycles. The van der Waals surface area contributed by atoms with Crippen molar-refractivity contribution in [1.82, 2.24) is 5.32 Å². The Hall–Kier alpha value is -0.930. The second-order valence-electron chi connectivity index (χ2n) is 3.59. The number of hydrogen-bond acceptors (Lipinski definition) is 2. The lowest BCUT2D eigenvalue weighted by atomic mass is 10.0.